The maximum atomic E-state index is 11.6. The molecule has 1 N–H and O–H groups in total. The van der Waals surface area contributed by atoms with Crippen LogP contribution in [0.5, 0.6) is 0 Å². The topological polar surface area (TPSA) is 46.5 Å². The van der Waals surface area contributed by atoms with Crippen molar-refractivity contribution < 1.29 is 14.6 Å². The molecule has 1 aliphatic heterocycles. The van der Waals surface area contributed by atoms with Crippen molar-refractivity contribution in [3.05, 3.63) is 24.8 Å². The molecule has 24 heavy (non-hydrogen) atoms. The van der Waals surface area contributed by atoms with Crippen molar-refractivity contribution in [2.45, 2.75) is 83.3 Å². The number of aliphatic hydroxyl groups excluding tert-OH is 1. The molecule has 0 unspecified atom stereocenters. The van der Waals surface area contributed by atoms with Crippen LogP contribution in [0.3, 0.4) is 0 Å². The van der Waals surface area contributed by atoms with Crippen LogP contribution in [-0.4, -0.2) is 23.3 Å². The van der Waals surface area contributed by atoms with E-state index in [0.29, 0.717) is 0 Å². The van der Waals surface area contributed by atoms with Crippen LogP contribution in [0, 0.1) is 17.8 Å². The van der Waals surface area contributed by atoms with Crippen LogP contribution in [0.2, 0.25) is 0 Å². The minimum atomic E-state index is -0.623. The summed E-state index contributed by atoms with van der Waals surface area (Å²) in [7, 11) is 0. The zero-order valence-corrected chi connectivity index (χ0v) is 15.0. The lowest BCUT2D eigenvalue weighted by Crippen LogP contribution is -2.24. The normalized spacial score (nSPS) is 23.1. The largest absolute Gasteiger partial charge is 0.460 e. The fourth-order valence-electron chi connectivity index (χ4n) is 2.87. The van der Waals surface area contributed by atoms with Crippen molar-refractivity contribution in [2.24, 2.45) is 5.92 Å². The number of ether oxygens (including phenoxy) is 1. The van der Waals surface area contributed by atoms with E-state index in [2.05, 4.69) is 24.5 Å². The highest BCUT2D eigenvalue weighted by molar-refractivity contribution is 5.75. The summed E-state index contributed by atoms with van der Waals surface area (Å²) in [6, 6.07) is 0. The molecule has 134 valence electrons. The SMILES string of the molecule is C=CCC/C=C/C#CCCCCCCCC[C@@H]1C(=O)O[C@@H](C)[C@H]1O. The molecule has 3 heteroatoms. The van der Waals surface area contributed by atoms with Crippen LogP contribution in [0.4, 0.5) is 0 Å². The Bertz CT molecular complexity index is 455. The van der Waals surface area contributed by atoms with Gasteiger partial charge in [0.25, 0.3) is 0 Å². The summed E-state index contributed by atoms with van der Waals surface area (Å²) >= 11 is 0. The van der Waals surface area contributed by atoms with E-state index < -0.39 is 6.10 Å². The number of cyclic esters (lactones) is 1. The molecule has 0 amide bonds. The summed E-state index contributed by atoms with van der Waals surface area (Å²) in [5.74, 6) is 5.70. The molecule has 1 saturated heterocycles. The summed E-state index contributed by atoms with van der Waals surface area (Å²) in [5.41, 5.74) is 0. The quantitative estimate of drug-likeness (QED) is 0.261. The number of esters is 1. The maximum Gasteiger partial charge on any atom is 0.312 e. The molecule has 1 rings (SSSR count). The van der Waals surface area contributed by atoms with Crippen molar-refractivity contribution in [1.82, 2.24) is 0 Å². The Balaban J connectivity index is 1.92. The van der Waals surface area contributed by atoms with Crippen LogP contribution >= 0.6 is 0 Å². The minimum Gasteiger partial charge on any atom is -0.460 e. The predicted molar refractivity (Wildman–Crippen MR) is 98.3 cm³/mol. The molecule has 0 bridgehead atoms. The van der Waals surface area contributed by atoms with Crippen molar-refractivity contribution in [3.63, 3.8) is 0 Å². The number of aliphatic hydroxyl groups is 1. The summed E-state index contributed by atoms with van der Waals surface area (Å²) in [4.78, 5) is 11.6. The fraction of sp³-hybridized carbons (Fsp3) is 0.667. The Morgan fingerprint density at radius 2 is 1.88 bits per heavy atom. The van der Waals surface area contributed by atoms with Gasteiger partial charge in [0, 0.05) is 6.42 Å². The number of rotatable bonds is 11. The van der Waals surface area contributed by atoms with E-state index in [1.165, 1.54) is 19.3 Å². The molecule has 3 nitrogen and oxygen atoms in total. The first-order valence-corrected chi connectivity index (χ1v) is 9.29. The Morgan fingerprint density at radius 1 is 1.17 bits per heavy atom. The van der Waals surface area contributed by atoms with E-state index in [0.717, 1.165) is 44.9 Å². The van der Waals surface area contributed by atoms with Gasteiger partial charge in [-0.15, -0.1) is 6.58 Å². The molecular formula is C21H32O3. The number of hydrogen-bond acceptors (Lipinski definition) is 3. The Hall–Kier alpha value is -1.53. The lowest BCUT2D eigenvalue weighted by atomic mass is 9.95. The average Bonchev–Trinajstić information content (AvgIpc) is 2.81. The molecular weight excluding hydrogens is 300 g/mol. The smallest absolute Gasteiger partial charge is 0.312 e. The molecule has 1 aliphatic rings. The Labute approximate surface area is 147 Å². The van der Waals surface area contributed by atoms with Crippen LogP contribution in [0.1, 0.15) is 71.1 Å². The van der Waals surface area contributed by atoms with Gasteiger partial charge < -0.3 is 9.84 Å². The van der Waals surface area contributed by atoms with Crippen molar-refractivity contribution in [1.29, 1.82) is 0 Å². The highest BCUT2D eigenvalue weighted by atomic mass is 16.6. The minimum absolute atomic E-state index is 0.230. The second-order valence-electron chi connectivity index (χ2n) is 6.49. The first kappa shape index (κ1) is 20.5. The third-order valence-electron chi connectivity index (χ3n) is 4.41. The van der Waals surface area contributed by atoms with Gasteiger partial charge in [-0.05, 0) is 38.7 Å². The van der Waals surface area contributed by atoms with Gasteiger partial charge in [0.2, 0.25) is 0 Å². The van der Waals surface area contributed by atoms with E-state index >= 15 is 0 Å². The predicted octanol–water partition coefficient (Wildman–Crippen LogP) is 4.56. The number of unbranched alkanes of at least 4 members (excludes halogenated alkanes) is 7. The monoisotopic (exact) mass is 332 g/mol. The standard InChI is InChI=1S/C21H32O3/c1-3-4-5-6-7-8-9-10-11-12-13-14-15-16-17-19-20(22)18(2)24-21(19)23/h3,6-7,18-20,22H,1,4-5,10-17H2,2H3/b7-6+/t18-,19-,20+/m0/s1. The van der Waals surface area contributed by atoms with Gasteiger partial charge in [-0.25, -0.2) is 0 Å². The Morgan fingerprint density at radius 3 is 2.54 bits per heavy atom. The van der Waals surface area contributed by atoms with Crippen LogP contribution in [0.25, 0.3) is 0 Å². The summed E-state index contributed by atoms with van der Waals surface area (Å²) in [5, 5.41) is 9.86. The van der Waals surface area contributed by atoms with E-state index in [9.17, 15) is 9.90 Å². The second-order valence-corrected chi connectivity index (χ2v) is 6.49. The molecule has 3 atom stereocenters. The molecule has 0 aromatic carbocycles. The summed E-state index contributed by atoms with van der Waals surface area (Å²) < 4.78 is 5.04. The van der Waals surface area contributed by atoms with Crippen molar-refractivity contribution in [3.8, 4) is 11.8 Å². The van der Waals surface area contributed by atoms with Gasteiger partial charge in [0.1, 0.15) is 12.2 Å². The highest BCUT2D eigenvalue weighted by Crippen LogP contribution is 2.26. The first-order valence-electron chi connectivity index (χ1n) is 9.29. The summed E-state index contributed by atoms with van der Waals surface area (Å²) in [6.07, 6.45) is 15.6. The average molecular weight is 332 g/mol. The fourth-order valence-corrected chi connectivity index (χ4v) is 2.87. The van der Waals surface area contributed by atoms with E-state index in [-0.39, 0.29) is 18.0 Å². The van der Waals surface area contributed by atoms with Crippen LogP contribution in [0.15, 0.2) is 24.8 Å². The summed E-state index contributed by atoms with van der Waals surface area (Å²) in [6.45, 7) is 5.44. The molecule has 0 aliphatic carbocycles. The van der Waals surface area contributed by atoms with E-state index in [4.69, 9.17) is 4.74 Å². The molecule has 0 radical (unpaired) electrons. The second kappa shape index (κ2) is 12.8. The van der Waals surface area contributed by atoms with Crippen molar-refractivity contribution >= 4 is 5.97 Å². The third kappa shape index (κ3) is 8.36. The molecule has 1 heterocycles. The first-order chi connectivity index (χ1) is 11.7. The zero-order valence-electron chi connectivity index (χ0n) is 15.0. The van der Waals surface area contributed by atoms with Crippen LogP contribution in [-0.2, 0) is 9.53 Å². The van der Waals surface area contributed by atoms with Gasteiger partial charge in [-0.1, -0.05) is 56.1 Å². The van der Waals surface area contributed by atoms with Gasteiger partial charge in [-0.3, -0.25) is 4.79 Å². The van der Waals surface area contributed by atoms with Gasteiger partial charge in [0.05, 0.1) is 5.92 Å². The number of carbonyl (C=O) groups is 1. The number of carbonyl (C=O) groups excluding carboxylic acids is 1. The van der Waals surface area contributed by atoms with E-state index in [1.54, 1.807) is 6.92 Å². The lowest BCUT2D eigenvalue weighted by molar-refractivity contribution is -0.143. The number of allylic oxidation sites excluding steroid dienone is 3. The molecule has 0 aromatic heterocycles. The van der Waals surface area contributed by atoms with Gasteiger partial charge in [0.15, 0.2) is 0 Å². The highest BCUT2D eigenvalue weighted by Gasteiger charge is 2.40. The van der Waals surface area contributed by atoms with Gasteiger partial charge >= 0.3 is 5.97 Å². The Kier molecular flexibility index (Phi) is 11.0. The lowest BCUT2D eigenvalue weighted by Gasteiger charge is -2.11. The molecule has 0 spiro atoms. The molecule has 0 saturated carbocycles. The zero-order chi connectivity index (χ0) is 17.6. The van der Waals surface area contributed by atoms with E-state index in [1.807, 2.05) is 12.2 Å². The third-order valence-corrected chi connectivity index (χ3v) is 4.41. The molecule has 1 fully saturated rings. The number of hydrogen-bond donors (Lipinski definition) is 1. The van der Waals surface area contributed by atoms with Crippen molar-refractivity contribution in [2.75, 3.05) is 0 Å². The van der Waals surface area contributed by atoms with Gasteiger partial charge in [-0.2, -0.15) is 0 Å². The maximum absolute atomic E-state index is 11.6. The molecule has 0 aromatic rings. The van der Waals surface area contributed by atoms with Crippen LogP contribution < -0.4 is 0 Å².